The normalized spacial score (nSPS) is 54.1. The number of allylic oxidation sites excluding steroid dienone is 2. The van der Waals surface area contributed by atoms with Crippen molar-refractivity contribution in [2.75, 3.05) is 13.2 Å². The van der Waals surface area contributed by atoms with Gasteiger partial charge in [0.1, 0.15) is 73.2 Å². The second-order valence-electron chi connectivity index (χ2n) is 22.1. The van der Waals surface area contributed by atoms with Gasteiger partial charge in [0.05, 0.1) is 37.3 Å². The van der Waals surface area contributed by atoms with Gasteiger partial charge in [-0.3, -0.25) is 9.59 Å². The molecule has 4 aliphatic heterocycles. The molecule has 380 valence electrons. The molecule has 0 amide bonds. The fourth-order valence-electron chi connectivity index (χ4n) is 15.0. The van der Waals surface area contributed by atoms with E-state index in [4.69, 9.17) is 33.2 Å². The summed E-state index contributed by atoms with van der Waals surface area (Å²) in [6.45, 7) is 19.3. The molecule has 0 radical (unpaired) electrons. The zero-order chi connectivity index (χ0) is 49.0. The van der Waals surface area contributed by atoms with Gasteiger partial charge in [-0.15, -0.1) is 0 Å². The molecule has 19 heteroatoms. The number of hydrogen-bond donors (Lipinski definition) is 10. The van der Waals surface area contributed by atoms with Crippen LogP contribution in [0.25, 0.3) is 0 Å². The molecule has 4 heterocycles. The quantitative estimate of drug-likeness (QED) is 0.0994. The fraction of sp³-hybridized carbons (Fsp3) is 0.875. The molecular formula is C48H74O19. The van der Waals surface area contributed by atoms with Gasteiger partial charge in [-0.2, -0.15) is 0 Å². The van der Waals surface area contributed by atoms with E-state index in [0.29, 0.717) is 32.1 Å². The zero-order valence-corrected chi connectivity index (χ0v) is 39.3. The summed E-state index contributed by atoms with van der Waals surface area (Å²) in [5.41, 5.74) is -0.717. The molecule has 8 aliphatic rings. The highest BCUT2D eigenvalue weighted by Crippen LogP contribution is 2.77. The monoisotopic (exact) mass is 954 g/mol. The molecule has 0 aromatic rings. The van der Waals surface area contributed by atoms with Crippen LogP contribution < -0.4 is 0 Å². The van der Waals surface area contributed by atoms with Crippen LogP contribution in [0.4, 0.5) is 0 Å². The van der Waals surface area contributed by atoms with E-state index in [1.165, 1.54) is 6.92 Å². The molecule has 0 aromatic heterocycles. The highest BCUT2D eigenvalue weighted by atomic mass is 16.8. The highest BCUT2D eigenvalue weighted by molar-refractivity contribution is 5.78. The van der Waals surface area contributed by atoms with E-state index in [-0.39, 0.29) is 41.4 Å². The van der Waals surface area contributed by atoms with Crippen LogP contribution in [0.5, 0.6) is 0 Å². The Kier molecular flexibility index (Phi) is 14.1. The van der Waals surface area contributed by atoms with Gasteiger partial charge in [-0.05, 0) is 100 Å². The first-order valence-corrected chi connectivity index (χ1v) is 24.1. The van der Waals surface area contributed by atoms with E-state index in [2.05, 4.69) is 33.9 Å². The maximum Gasteiger partial charge on any atom is 0.314 e. The number of rotatable bonds is 10. The van der Waals surface area contributed by atoms with Crippen LogP contribution in [-0.4, -0.2) is 181 Å². The average molecular weight is 955 g/mol. The Hall–Kier alpha value is -2.18. The van der Waals surface area contributed by atoms with Crippen molar-refractivity contribution in [2.24, 2.45) is 51.2 Å². The SMILES string of the molecule is C=C(C)[C@@H]1CCC2(C(=O)O[C@@H]3O[C@H](CO[C@@H]4O[C@H](CO)[C@@H](O[C@@H]5O[C@@H](C)[C@H](O)[C@@H](O)[C@H]5O)[C@H](O)[C@H]4O)[C@@H](O)[C@H](O)[C@H]3O)CC[C@]3(C)[C@H](C[C@H]4OC(=O)C[C@@H](O)[C@]5(C)[C@@H]4[C@@]3(C)CC[C@H]5C(=C)C)[C@@H]12. The first kappa shape index (κ1) is 51.2. The lowest BCUT2D eigenvalue weighted by Crippen LogP contribution is -2.69. The summed E-state index contributed by atoms with van der Waals surface area (Å²) in [4.78, 5) is 28.5. The van der Waals surface area contributed by atoms with Gasteiger partial charge in [-0.25, -0.2) is 0 Å². The van der Waals surface area contributed by atoms with Gasteiger partial charge >= 0.3 is 11.9 Å². The number of aliphatic hydroxyl groups excluding tert-OH is 10. The number of ether oxygens (including phenoxy) is 7. The topological polar surface area (TPSA) is 301 Å². The van der Waals surface area contributed by atoms with Crippen LogP contribution >= 0.6 is 0 Å². The molecule has 19 nitrogen and oxygen atoms in total. The second-order valence-corrected chi connectivity index (χ2v) is 22.1. The van der Waals surface area contributed by atoms with Crippen molar-refractivity contribution in [1.29, 1.82) is 0 Å². The van der Waals surface area contributed by atoms with Gasteiger partial charge < -0.3 is 84.2 Å². The number of hydrogen-bond acceptors (Lipinski definition) is 19. The Balaban J connectivity index is 0.998. The van der Waals surface area contributed by atoms with Crippen molar-refractivity contribution in [3.63, 3.8) is 0 Å². The second kappa shape index (κ2) is 18.5. The number of esters is 2. The maximum absolute atomic E-state index is 15.0. The van der Waals surface area contributed by atoms with Crippen LogP contribution in [0.1, 0.15) is 92.9 Å². The molecular weight excluding hydrogens is 881 g/mol. The van der Waals surface area contributed by atoms with Gasteiger partial charge in [-0.1, -0.05) is 45.1 Å². The van der Waals surface area contributed by atoms with Gasteiger partial charge in [0.15, 0.2) is 12.6 Å². The van der Waals surface area contributed by atoms with Crippen molar-refractivity contribution in [3.8, 4) is 0 Å². The minimum absolute atomic E-state index is 0.0263. The Morgan fingerprint density at radius 3 is 2.03 bits per heavy atom. The Morgan fingerprint density at radius 2 is 1.37 bits per heavy atom. The summed E-state index contributed by atoms with van der Waals surface area (Å²) >= 11 is 0. The van der Waals surface area contributed by atoms with Crippen LogP contribution in [0.3, 0.4) is 0 Å². The van der Waals surface area contributed by atoms with Crippen molar-refractivity contribution in [3.05, 3.63) is 24.3 Å². The lowest BCUT2D eigenvalue weighted by Gasteiger charge is -2.71. The summed E-state index contributed by atoms with van der Waals surface area (Å²) in [6, 6.07) is 0. The fourth-order valence-corrected chi connectivity index (χ4v) is 15.0. The molecule has 4 aliphatic carbocycles. The van der Waals surface area contributed by atoms with Crippen molar-refractivity contribution in [2.45, 2.75) is 197 Å². The maximum atomic E-state index is 15.0. The molecule has 10 N–H and O–H groups in total. The highest BCUT2D eigenvalue weighted by Gasteiger charge is 2.75. The smallest absolute Gasteiger partial charge is 0.314 e. The largest absolute Gasteiger partial charge is 0.462 e. The Morgan fingerprint density at radius 1 is 0.731 bits per heavy atom. The summed E-state index contributed by atoms with van der Waals surface area (Å²) in [5, 5.41) is 108. The van der Waals surface area contributed by atoms with Crippen LogP contribution in [0, 0.1) is 51.2 Å². The van der Waals surface area contributed by atoms with E-state index < -0.39 is 146 Å². The first-order valence-electron chi connectivity index (χ1n) is 24.1. The van der Waals surface area contributed by atoms with Gasteiger partial charge in [0, 0.05) is 11.3 Å². The predicted octanol–water partition coefficient (Wildman–Crippen LogP) is -0.294. The lowest BCUT2D eigenvalue weighted by molar-refractivity contribution is -0.361. The molecule has 1 unspecified atom stereocenters. The van der Waals surface area contributed by atoms with Crippen LogP contribution in [0.2, 0.25) is 0 Å². The van der Waals surface area contributed by atoms with Crippen molar-refractivity contribution >= 4 is 11.9 Å². The van der Waals surface area contributed by atoms with E-state index in [0.717, 1.165) is 24.0 Å². The molecule has 8 fully saturated rings. The Bertz CT molecular complexity index is 1880. The van der Waals surface area contributed by atoms with E-state index >= 15 is 4.79 Å². The lowest BCUT2D eigenvalue weighted by atomic mass is 9.33. The van der Waals surface area contributed by atoms with Gasteiger partial charge in [0.25, 0.3) is 0 Å². The number of aliphatic hydroxyl groups is 10. The minimum Gasteiger partial charge on any atom is -0.462 e. The van der Waals surface area contributed by atoms with Crippen molar-refractivity contribution in [1.82, 2.24) is 0 Å². The number of carbonyl (C=O) groups is 2. The zero-order valence-electron chi connectivity index (χ0n) is 39.3. The third kappa shape index (κ3) is 7.98. The molecule has 4 saturated carbocycles. The standard InChI is InChI=1S/C48H74O19/c1-19(2)22-9-12-48(14-13-45(6)24(30(22)48)15-25-40-46(45,7)11-10-23(20(3)4)47(40,8)28(50)16-29(51)63-25)44(60)67-43-37(58)34(55)32(53)27(65-43)18-61-41-38(59)35(56)39(26(17-49)64-41)66-42-36(57)33(54)31(52)21(5)62-42/h21-28,30-43,49-50,52-59H,1,3,9-18H2,2,4-8H3/t21-,22-,23-,24+,25+,26+,27+,28+,30+,31-,32+,33+,34-,35+,36+,37+,38+,39+,40-,41+,42-,43-,45+,46+,47+,48?/m0/s1. The first-order chi connectivity index (χ1) is 31.4. The number of carbonyl (C=O) groups excluding carboxylic acids is 2. The number of fused-ring (bicyclic) bond motifs is 4. The predicted molar refractivity (Wildman–Crippen MR) is 230 cm³/mol. The average Bonchev–Trinajstić information content (AvgIpc) is 3.64. The summed E-state index contributed by atoms with van der Waals surface area (Å²) in [6.07, 6.45) is -22.1. The molecule has 0 aromatic carbocycles. The molecule has 0 bridgehead atoms. The van der Waals surface area contributed by atoms with E-state index in [1.807, 2.05) is 13.8 Å². The molecule has 4 saturated heterocycles. The minimum atomic E-state index is -1.89. The molecule has 26 atom stereocenters. The summed E-state index contributed by atoms with van der Waals surface area (Å²) < 4.78 is 41.0. The van der Waals surface area contributed by atoms with E-state index in [1.54, 1.807) is 0 Å². The van der Waals surface area contributed by atoms with Crippen LogP contribution in [0.15, 0.2) is 24.3 Å². The van der Waals surface area contributed by atoms with Crippen molar-refractivity contribution < 1.29 is 93.8 Å². The van der Waals surface area contributed by atoms with Crippen LogP contribution in [-0.2, 0) is 42.7 Å². The molecule has 8 rings (SSSR count). The summed E-state index contributed by atoms with van der Waals surface area (Å²) in [5.74, 6) is -1.91. The van der Waals surface area contributed by atoms with E-state index in [9.17, 15) is 55.9 Å². The third-order valence-corrected chi connectivity index (χ3v) is 18.8. The van der Waals surface area contributed by atoms with Gasteiger partial charge in [0.2, 0.25) is 6.29 Å². The Labute approximate surface area is 391 Å². The molecule has 67 heavy (non-hydrogen) atoms. The molecule has 0 spiro atoms. The summed E-state index contributed by atoms with van der Waals surface area (Å²) in [7, 11) is 0. The third-order valence-electron chi connectivity index (χ3n) is 18.8.